The van der Waals surface area contributed by atoms with E-state index in [0.717, 1.165) is 29.4 Å². The molecule has 2 fully saturated rings. The lowest BCUT2D eigenvalue weighted by Crippen LogP contribution is -2.53. The van der Waals surface area contributed by atoms with Crippen molar-refractivity contribution in [1.29, 1.82) is 5.26 Å². The summed E-state index contributed by atoms with van der Waals surface area (Å²) in [6.07, 6.45) is 0.388. The van der Waals surface area contributed by atoms with Crippen molar-refractivity contribution < 1.29 is 201 Å². The molecule has 1 aromatic carbocycles. The molecule has 0 amide bonds. The Morgan fingerprint density at radius 1 is 0.363 bits per heavy atom. The van der Waals surface area contributed by atoms with Gasteiger partial charge < -0.3 is 100 Å². The van der Waals surface area contributed by atoms with Gasteiger partial charge in [0.25, 0.3) is 6.26 Å². The molecule has 2 aliphatic heterocycles. The summed E-state index contributed by atoms with van der Waals surface area (Å²) in [6, 6.07) is 4.58. The number of carbonyl (C=O) groups excluding carboxylic acids is 6. The van der Waals surface area contributed by atoms with Crippen LogP contribution in [0.15, 0.2) is 24.3 Å². The van der Waals surface area contributed by atoms with Gasteiger partial charge in [-0.3, -0.25) is 155 Å². The van der Waals surface area contributed by atoms with E-state index >= 15 is 0 Å². The summed E-state index contributed by atoms with van der Waals surface area (Å²) < 4.78 is 22.8. The molecule has 1 aromatic rings. The lowest BCUT2D eigenvalue weighted by Gasteiger charge is -2.36. The number of esters is 5. The highest BCUT2D eigenvalue weighted by atomic mass is 16.7. The summed E-state index contributed by atoms with van der Waals surface area (Å²) in [7, 11) is 0. The van der Waals surface area contributed by atoms with Crippen molar-refractivity contribution in [3.05, 3.63) is 29.8 Å². The number of benzene rings is 1. The van der Waals surface area contributed by atoms with Crippen LogP contribution >= 0.6 is 0 Å². The number of ether oxygens (including phenoxy) is 5. The summed E-state index contributed by atoms with van der Waals surface area (Å²) in [5.41, 5.74) is 0.614. The van der Waals surface area contributed by atoms with E-state index in [0.29, 0.717) is 31.7 Å². The zero-order chi connectivity index (χ0) is 94.5. The molecule has 0 bridgehead atoms. The van der Waals surface area contributed by atoms with E-state index in [1.54, 1.807) is 40.7 Å². The molecule has 694 valence electrons. The summed E-state index contributed by atoms with van der Waals surface area (Å²) >= 11 is 0. The van der Waals surface area contributed by atoms with Gasteiger partial charge in [-0.1, -0.05) is 26.0 Å². The van der Waals surface area contributed by atoms with Crippen LogP contribution in [0.1, 0.15) is 26.3 Å². The minimum absolute atomic E-state index is 0.000836. The molecule has 0 radical (unpaired) electrons. The topological polar surface area (TPSA) is 771 Å². The number of nitrogens with zero attached hydrogens (tertiary/aromatic N) is 13. The molecule has 3 rings (SSSR count). The van der Waals surface area contributed by atoms with E-state index in [2.05, 4.69) is 14.2 Å². The predicted molar refractivity (Wildman–Crippen MR) is 406 cm³/mol. The Balaban J connectivity index is 0.00000165. The van der Waals surface area contributed by atoms with Gasteiger partial charge in [0.2, 0.25) is 0 Å². The van der Waals surface area contributed by atoms with Crippen LogP contribution in [-0.4, -0.2) is 502 Å². The smallest absolute Gasteiger partial charge is 0.480 e. The van der Waals surface area contributed by atoms with Crippen molar-refractivity contribution >= 4 is 126 Å². The molecule has 2 unspecified atom stereocenters. The Morgan fingerprint density at radius 3 is 0.919 bits per heavy atom. The Bertz CT molecular complexity index is 3630. The van der Waals surface area contributed by atoms with E-state index in [1.807, 2.05) is 0 Å². The Labute approximate surface area is 704 Å². The van der Waals surface area contributed by atoms with Crippen LogP contribution in [0.3, 0.4) is 0 Å². The van der Waals surface area contributed by atoms with Crippen molar-refractivity contribution in [2.75, 3.05) is 229 Å². The maximum absolute atomic E-state index is 11.9. The third kappa shape index (κ3) is 59.1. The Kier molecular flexibility index (Phi) is 54.5. The first kappa shape index (κ1) is 111. The van der Waals surface area contributed by atoms with E-state index < -0.39 is 236 Å². The number of cyclic esters (lactones) is 4. The molecule has 0 aromatic heterocycles. The fourth-order valence-electron chi connectivity index (χ4n) is 11.3. The molecular formula is C70H103N13O41. The molecule has 0 spiro atoms. The monoisotopic (exact) mass is 1780 g/mol. The van der Waals surface area contributed by atoms with Gasteiger partial charge in [-0.2, -0.15) is 0 Å². The number of hydrogen-bond acceptors (Lipinski definition) is 39. The van der Waals surface area contributed by atoms with Crippen LogP contribution < -0.4 is 4.74 Å². The number of carboxylic acid groups (broad SMARTS) is 15. The van der Waals surface area contributed by atoms with Crippen LogP contribution in [0.5, 0.6) is 5.75 Å². The predicted octanol–water partition coefficient (Wildman–Crippen LogP) is -7.80. The Hall–Kier alpha value is -12.7. The number of carbonyl (C=O) groups is 21. The van der Waals surface area contributed by atoms with Gasteiger partial charge in [-0.15, -0.1) is 5.26 Å². The quantitative estimate of drug-likeness (QED) is 0.0125. The average molecular weight is 1780 g/mol. The largest absolute Gasteiger partial charge is 0.516 e. The minimum Gasteiger partial charge on any atom is -0.480 e. The van der Waals surface area contributed by atoms with Gasteiger partial charge in [0.1, 0.15) is 5.75 Å². The van der Waals surface area contributed by atoms with Gasteiger partial charge in [-0.25, -0.2) is 4.79 Å². The maximum Gasteiger partial charge on any atom is 0.516 e. The second-order valence-corrected chi connectivity index (χ2v) is 27.7. The van der Waals surface area contributed by atoms with Gasteiger partial charge in [0, 0.05) is 104 Å². The van der Waals surface area contributed by atoms with Crippen LogP contribution in [-0.2, 0) is 121 Å². The molecule has 54 nitrogen and oxygen atoms in total. The van der Waals surface area contributed by atoms with E-state index in [9.17, 15) is 116 Å². The first-order valence-electron chi connectivity index (χ1n) is 36.9. The zero-order valence-corrected chi connectivity index (χ0v) is 67.6. The number of rotatable bonds is 61. The number of morpholine rings is 2. The maximum atomic E-state index is 11.9. The number of nitriles is 1. The minimum atomic E-state index is -1.30. The fourth-order valence-corrected chi connectivity index (χ4v) is 11.3. The molecule has 124 heavy (non-hydrogen) atoms. The van der Waals surface area contributed by atoms with Gasteiger partial charge in [-0.05, 0) is 37.0 Å². The van der Waals surface area contributed by atoms with Crippen molar-refractivity contribution in [2.24, 2.45) is 5.92 Å². The third-order valence-corrected chi connectivity index (χ3v) is 16.3. The van der Waals surface area contributed by atoms with Crippen molar-refractivity contribution in [1.82, 2.24) is 58.8 Å². The standard InChI is InChI=1S/C23H30N4O11.C19H31N3O12.C14H23N3O10.C14H19N3O8/c1-15(26(10-20(30)31)11-21(32)33)7-25(9-19(28)29)8-17(27(12-22(34)35)13-23(36)37)6-16-2-4-18(5-3-16)38-14-24;1-13(2)12-33-19(32)34-18(31)11-22(10-17(29)30)6-4-20(7-14(23)24)3-5-21(8-15(25)26)9-16(27)28;18-10(19)5-15(1-3-16(6-11(20)21)7-12(22)23)2-4-17(8-13(24)25)9-14(26)27;18-10(19)5-15(1-3-16-6-11(20)24-12(21)7-16)2-4-17-8-13(22)25-14(23)9-17/h2-5,15,17H,6-13H2,1H3,(H,28,29)(H,30,31)(H,32,33)(H,34,35)(H,36,37);13H,3-12H2,1-2H3,(H,23,24)(H,25,26)(H,27,28)(H,29,30);1-9H2,(H,18,19)(H,20,21)(H,22,23)(H,24,25)(H,26,27);1-9H2,(H,18,19). The van der Waals surface area contributed by atoms with E-state index in [4.69, 9.17) is 76.0 Å². The summed E-state index contributed by atoms with van der Waals surface area (Å²) in [5.74, 6) is -22.0. The van der Waals surface area contributed by atoms with Gasteiger partial charge in [0.15, 0.2) is 0 Å². The van der Waals surface area contributed by atoms with Crippen molar-refractivity contribution in [3.63, 3.8) is 0 Å². The van der Waals surface area contributed by atoms with Crippen LogP contribution in [0.25, 0.3) is 0 Å². The van der Waals surface area contributed by atoms with Crippen LogP contribution in [0.2, 0.25) is 0 Å². The Morgan fingerprint density at radius 2 is 0.629 bits per heavy atom. The van der Waals surface area contributed by atoms with E-state index in [-0.39, 0.29) is 123 Å². The van der Waals surface area contributed by atoms with Gasteiger partial charge >= 0.3 is 126 Å². The highest BCUT2D eigenvalue weighted by molar-refractivity contribution is 5.91. The third-order valence-electron chi connectivity index (χ3n) is 16.3. The van der Waals surface area contributed by atoms with Crippen molar-refractivity contribution in [2.45, 2.75) is 39.3 Å². The molecule has 54 heteroatoms. The van der Waals surface area contributed by atoms with Crippen LogP contribution in [0, 0.1) is 17.4 Å². The van der Waals surface area contributed by atoms with E-state index in [1.165, 1.54) is 40.0 Å². The van der Waals surface area contributed by atoms with Crippen molar-refractivity contribution in [3.8, 4) is 12.0 Å². The lowest BCUT2D eigenvalue weighted by atomic mass is 10.0. The number of aliphatic carboxylic acids is 15. The highest BCUT2D eigenvalue weighted by Gasteiger charge is 2.32. The van der Waals surface area contributed by atoms with Crippen LogP contribution in [0.4, 0.5) is 4.79 Å². The normalized spacial score (nSPS) is 13.3. The molecule has 15 N–H and O–H groups in total. The number of carboxylic acids is 15. The molecule has 2 saturated heterocycles. The molecule has 2 heterocycles. The first-order valence-corrected chi connectivity index (χ1v) is 36.9. The second-order valence-electron chi connectivity index (χ2n) is 27.7. The summed E-state index contributed by atoms with van der Waals surface area (Å²) in [4.78, 5) is 250. The summed E-state index contributed by atoms with van der Waals surface area (Å²) in [6.45, 7) is -3.25. The number of hydrogen-bond donors (Lipinski definition) is 15. The zero-order valence-electron chi connectivity index (χ0n) is 67.6. The second kappa shape index (κ2) is 60.7. The summed E-state index contributed by atoms with van der Waals surface area (Å²) in [5, 5.41) is 144. The molecular weight excluding hydrogens is 1680 g/mol. The molecule has 0 aliphatic carbocycles. The fraction of sp³-hybridized carbons (Fsp3) is 0.600. The van der Waals surface area contributed by atoms with Gasteiger partial charge in [0.05, 0.1) is 138 Å². The lowest BCUT2D eigenvalue weighted by molar-refractivity contribution is -0.168. The SMILES string of the molecule is CC(C)COC(=O)OC(=O)CN(CCN(CCN(CC(=O)O)CC(=O)O)CC(=O)O)CC(=O)O.CC(CN(CC(=O)O)CC(Cc1ccc(OC#N)cc1)N(CC(=O)O)CC(=O)O)N(CC(=O)O)CC(=O)O.O=C(O)CN(CCN(CC(=O)O)CC(=O)O)CCN(CC(=O)O)CC(=O)O.O=C(O)CN(CCN1CC(=O)OC(=O)C1)CCN1CC(=O)OC(=O)C1. The highest BCUT2D eigenvalue weighted by Crippen LogP contribution is 2.18. The molecule has 0 saturated carbocycles. The molecule has 2 atom stereocenters. The molecule has 2 aliphatic rings. The average Bonchev–Trinajstić information content (AvgIpc) is 0.827. The first-order chi connectivity index (χ1) is 57.9.